The first-order chi connectivity index (χ1) is 12.3. The molecule has 0 spiro atoms. The third-order valence-electron chi connectivity index (χ3n) is 4.40. The summed E-state index contributed by atoms with van der Waals surface area (Å²) in [7, 11) is 2.87. The number of nitrogens with zero attached hydrogens (tertiary/aromatic N) is 5. The fourth-order valence-corrected chi connectivity index (χ4v) is 3.13. The summed E-state index contributed by atoms with van der Waals surface area (Å²) in [6.07, 6.45) is 0.469. The molecule has 26 heavy (non-hydrogen) atoms. The number of nitrogens with one attached hydrogen (secondary N) is 1. The Balaban J connectivity index is 1.72. The Hall–Kier alpha value is -2.36. The minimum absolute atomic E-state index is 0.0493. The molecule has 1 aliphatic heterocycles. The van der Waals surface area contributed by atoms with Crippen LogP contribution in [0.3, 0.4) is 0 Å². The van der Waals surface area contributed by atoms with Gasteiger partial charge in [0.2, 0.25) is 0 Å². The zero-order chi connectivity index (χ0) is 18.9. The van der Waals surface area contributed by atoms with E-state index in [1.54, 1.807) is 16.9 Å². The SMILES string of the molecule is CN(Cc1cn(C)nc1C(F)(F)F)C(=O)c1ccn(C2CCCNC2)n1. The highest BCUT2D eigenvalue weighted by Crippen LogP contribution is 2.31. The van der Waals surface area contributed by atoms with Gasteiger partial charge in [-0.1, -0.05) is 0 Å². The lowest BCUT2D eigenvalue weighted by molar-refractivity contribution is -0.142. The van der Waals surface area contributed by atoms with Gasteiger partial charge in [0.1, 0.15) is 5.69 Å². The van der Waals surface area contributed by atoms with Crippen LogP contribution in [-0.4, -0.2) is 50.5 Å². The largest absolute Gasteiger partial charge is 0.435 e. The van der Waals surface area contributed by atoms with Gasteiger partial charge in [-0.2, -0.15) is 23.4 Å². The van der Waals surface area contributed by atoms with Crippen LogP contribution in [0.25, 0.3) is 0 Å². The first kappa shape index (κ1) is 18.4. The van der Waals surface area contributed by atoms with Crippen molar-refractivity contribution in [3.8, 4) is 0 Å². The molecule has 0 radical (unpaired) electrons. The van der Waals surface area contributed by atoms with Crippen LogP contribution in [0.15, 0.2) is 18.5 Å². The molecule has 7 nitrogen and oxygen atoms in total. The van der Waals surface area contributed by atoms with Gasteiger partial charge < -0.3 is 10.2 Å². The molecule has 1 saturated heterocycles. The van der Waals surface area contributed by atoms with E-state index in [1.165, 1.54) is 25.2 Å². The number of amides is 1. The molecule has 1 atom stereocenters. The van der Waals surface area contributed by atoms with Gasteiger partial charge in [-0.3, -0.25) is 14.2 Å². The van der Waals surface area contributed by atoms with Crippen LogP contribution >= 0.6 is 0 Å². The van der Waals surface area contributed by atoms with Gasteiger partial charge >= 0.3 is 6.18 Å². The maximum Gasteiger partial charge on any atom is 0.435 e. The van der Waals surface area contributed by atoms with Crippen LogP contribution < -0.4 is 5.32 Å². The Labute approximate surface area is 148 Å². The lowest BCUT2D eigenvalue weighted by Crippen LogP contribution is -2.32. The second kappa shape index (κ2) is 7.10. The lowest BCUT2D eigenvalue weighted by Gasteiger charge is -2.23. The Morgan fingerprint density at radius 1 is 1.42 bits per heavy atom. The number of piperidine rings is 1. The standard InChI is InChI=1S/C16H21F3N6O/c1-23(9-11-10-24(2)22-14(11)16(17,18)19)15(26)13-5-7-25(21-13)12-4-3-6-20-8-12/h5,7,10,12,20H,3-4,6,8-9H2,1-2H3. The van der Waals surface area contributed by atoms with Crippen molar-refractivity contribution < 1.29 is 18.0 Å². The predicted octanol–water partition coefficient (Wildman–Crippen LogP) is 1.83. The van der Waals surface area contributed by atoms with E-state index in [0.29, 0.717) is 0 Å². The quantitative estimate of drug-likeness (QED) is 0.892. The van der Waals surface area contributed by atoms with Gasteiger partial charge in [-0.25, -0.2) is 0 Å². The summed E-state index contributed by atoms with van der Waals surface area (Å²) in [4.78, 5) is 13.8. The van der Waals surface area contributed by atoms with Crippen LogP contribution in [0.4, 0.5) is 13.2 Å². The van der Waals surface area contributed by atoms with E-state index in [0.717, 1.165) is 30.6 Å². The van der Waals surface area contributed by atoms with E-state index in [4.69, 9.17) is 0 Å². The fraction of sp³-hybridized carbons (Fsp3) is 0.562. The number of halogens is 3. The number of rotatable bonds is 4. The third-order valence-corrected chi connectivity index (χ3v) is 4.40. The zero-order valence-corrected chi connectivity index (χ0v) is 14.6. The Bertz CT molecular complexity index is 775. The highest BCUT2D eigenvalue weighted by molar-refractivity contribution is 5.92. The number of hydrogen-bond acceptors (Lipinski definition) is 4. The van der Waals surface area contributed by atoms with Crippen LogP contribution in [0.5, 0.6) is 0 Å². The topological polar surface area (TPSA) is 68.0 Å². The zero-order valence-electron chi connectivity index (χ0n) is 14.6. The van der Waals surface area contributed by atoms with E-state index in [-0.39, 0.29) is 23.8 Å². The van der Waals surface area contributed by atoms with E-state index in [9.17, 15) is 18.0 Å². The van der Waals surface area contributed by atoms with E-state index < -0.39 is 17.8 Å². The van der Waals surface area contributed by atoms with Crippen molar-refractivity contribution >= 4 is 5.91 Å². The molecule has 0 aliphatic carbocycles. The number of alkyl halides is 3. The van der Waals surface area contributed by atoms with Crippen molar-refractivity contribution in [2.24, 2.45) is 7.05 Å². The number of carbonyl (C=O) groups excluding carboxylic acids is 1. The summed E-state index contributed by atoms with van der Waals surface area (Å²) in [5.74, 6) is -0.426. The summed E-state index contributed by atoms with van der Waals surface area (Å²) >= 11 is 0. The lowest BCUT2D eigenvalue weighted by atomic mass is 10.1. The highest BCUT2D eigenvalue weighted by atomic mass is 19.4. The van der Waals surface area contributed by atoms with Crippen molar-refractivity contribution in [3.63, 3.8) is 0 Å². The Kier molecular flexibility index (Phi) is 5.03. The average molecular weight is 370 g/mol. The molecule has 1 N–H and O–H groups in total. The minimum Gasteiger partial charge on any atom is -0.336 e. The van der Waals surface area contributed by atoms with Gasteiger partial charge in [0.15, 0.2) is 5.69 Å². The summed E-state index contributed by atoms with van der Waals surface area (Å²) < 4.78 is 42.0. The maximum atomic E-state index is 13.0. The van der Waals surface area contributed by atoms with E-state index in [1.807, 2.05) is 0 Å². The third kappa shape index (κ3) is 3.90. The van der Waals surface area contributed by atoms with E-state index in [2.05, 4.69) is 15.5 Å². The summed E-state index contributed by atoms with van der Waals surface area (Å²) in [6, 6.07) is 1.78. The molecular formula is C16H21F3N6O. The van der Waals surface area contributed by atoms with Crippen molar-refractivity contribution in [2.45, 2.75) is 31.6 Å². The van der Waals surface area contributed by atoms with Gasteiger partial charge in [0.25, 0.3) is 5.91 Å². The Morgan fingerprint density at radius 2 is 2.19 bits per heavy atom. The smallest absolute Gasteiger partial charge is 0.336 e. The normalized spacial score (nSPS) is 18.1. The van der Waals surface area contributed by atoms with E-state index >= 15 is 0 Å². The van der Waals surface area contributed by atoms with Crippen LogP contribution in [0.1, 0.15) is 40.6 Å². The summed E-state index contributed by atoms with van der Waals surface area (Å²) in [5, 5.41) is 11.1. The minimum atomic E-state index is -4.56. The van der Waals surface area contributed by atoms with Crippen LogP contribution in [0, 0.1) is 0 Å². The van der Waals surface area contributed by atoms with Crippen molar-refractivity contribution in [1.82, 2.24) is 29.8 Å². The molecule has 1 aliphatic rings. The number of aryl methyl sites for hydroxylation is 1. The number of aromatic nitrogens is 4. The van der Waals surface area contributed by atoms with Crippen LogP contribution in [0.2, 0.25) is 0 Å². The molecular weight excluding hydrogens is 349 g/mol. The number of carbonyl (C=O) groups is 1. The Morgan fingerprint density at radius 3 is 2.85 bits per heavy atom. The van der Waals surface area contributed by atoms with Gasteiger partial charge in [0, 0.05) is 45.1 Å². The second-order valence-corrected chi connectivity index (χ2v) is 6.52. The average Bonchev–Trinajstić information content (AvgIpc) is 3.21. The highest BCUT2D eigenvalue weighted by Gasteiger charge is 2.37. The first-order valence-corrected chi connectivity index (χ1v) is 8.36. The molecule has 0 bridgehead atoms. The van der Waals surface area contributed by atoms with Gasteiger partial charge in [0.05, 0.1) is 6.04 Å². The monoisotopic (exact) mass is 370 g/mol. The van der Waals surface area contributed by atoms with Gasteiger partial charge in [-0.05, 0) is 25.5 Å². The molecule has 2 aromatic rings. The molecule has 1 fully saturated rings. The second-order valence-electron chi connectivity index (χ2n) is 6.52. The van der Waals surface area contributed by atoms with Crippen molar-refractivity contribution in [2.75, 3.05) is 20.1 Å². The van der Waals surface area contributed by atoms with Crippen LogP contribution in [-0.2, 0) is 19.8 Å². The van der Waals surface area contributed by atoms with Crippen molar-refractivity contribution in [3.05, 3.63) is 35.4 Å². The molecule has 3 heterocycles. The van der Waals surface area contributed by atoms with Crippen molar-refractivity contribution in [1.29, 1.82) is 0 Å². The van der Waals surface area contributed by atoms with Gasteiger partial charge in [-0.15, -0.1) is 0 Å². The molecule has 0 aromatic carbocycles. The number of hydrogen-bond donors (Lipinski definition) is 1. The molecule has 3 rings (SSSR count). The molecule has 1 unspecified atom stereocenters. The molecule has 10 heteroatoms. The molecule has 0 saturated carbocycles. The fourth-order valence-electron chi connectivity index (χ4n) is 3.13. The predicted molar refractivity (Wildman–Crippen MR) is 87.4 cm³/mol. The summed E-state index contributed by atoms with van der Waals surface area (Å²) in [5.41, 5.74) is -0.805. The molecule has 142 valence electrons. The molecule has 2 aromatic heterocycles. The maximum absolute atomic E-state index is 13.0. The summed E-state index contributed by atoms with van der Waals surface area (Å²) in [6.45, 7) is 1.56. The first-order valence-electron chi connectivity index (χ1n) is 8.36. The molecule has 1 amide bonds.